The molecule has 0 saturated carbocycles. The Balaban J connectivity index is 1.76. The number of pyridine rings is 2. The van der Waals surface area contributed by atoms with Gasteiger partial charge in [0, 0.05) is 42.1 Å². The van der Waals surface area contributed by atoms with Gasteiger partial charge in [0.25, 0.3) is 0 Å². The zero-order chi connectivity index (χ0) is 18.5. The molecule has 1 aromatic carbocycles. The van der Waals surface area contributed by atoms with Gasteiger partial charge in [-0.05, 0) is 29.3 Å². The van der Waals surface area contributed by atoms with E-state index in [4.69, 9.17) is 0 Å². The Labute approximate surface area is 156 Å². The van der Waals surface area contributed by atoms with Crippen LogP contribution in [0.3, 0.4) is 0 Å². The van der Waals surface area contributed by atoms with Crippen LogP contribution in [0.15, 0.2) is 85.7 Å². The fourth-order valence-electron chi connectivity index (χ4n) is 2.82. The molecule has 132 valence electrons. The van der Waals surface area contributed by atoms with Crippen LogP contribution >= 0.6 is 0 Å². The molecule has 0 amide bonds. The summed E-state index contributed by atoms with van der Waals surface area (Å²) in [5.74, 6) is 0.428. The highest BCUT2D eigenvalue weighted by Gasteiger charge is 2.16. The van der Waals surface area contributed by atoms with Gasteiger partial charge in [-0.25, -0.2) is 10.0 Å². The van der Waals surface area contributed by atoms with E-state index in [0.29, 0.717) is 23.6 Å². The molecule has 0 atom stereocenters. The van der Waals surface area contributed by atoms with Gasteiger partial charge >= 0.3 is 0 Å². The zero-order valence-electron chi connectivity index (χ0n) is 14.5. The molecule has 3 aromatic heterocycles. The van der Waals surface area contributed by atoms with Crippen molar-refractivity contribution in [1.82, 2.24) is 19.9 Å². The number of anilines is 1. The zero-order valence-corrected chi connectivity index (χ0v) is 14.5. The van der Waals surface area contributed by atoms with Crippen LogP contribution in [0.2, 0.25) is 0 Å². The van der Waals surface area contributed by atoms with Crippen LogP contribution in [0.1, 0.15) is 5.56 Å². The number of hydrogen-bond donors (Lipinski definition) is 1. The molecule has 0 radical (unpaired) electrons. The van der Waals surface area contributed by atoms with Crippen molar-refractivity contribution >= 4 is 5.82 Å². The number of rotatable bonds is 5. The maximum absolute atomic E-state index is 10.7. The maximum Gasteiger partial charge on any atom is 0.162 e. The molecule has 27 heavy (non-hydrogen) atoms. The second kappa shape index (κ2) is 7.72. The van der Waals surface area contributed by atoms with E-state index >= 15 is 0 Å². The molecule has 3 heterocycles. The lowest BCUT2D eigenvalue weighted by molar-refractivity contribution is 0.247. The Bertz CT molecular complexity index is 1010. The molecule has 0 aliphatic carbocycles. The van der Waals surface area contributed by atoms with Crippen LogP contribution in [-0.4, -0.2) is 25.1 Å². The lowest BCUT2D eigenvalue weighted by atomic mass is 10.1. The van der Waals surface area contributed by atoms with Crippen LogP contribution in [-0.2, 0) is 6.54 Å². The van der Waals surface area contributed by atoms with Gasteiger partial charge in [0.15, 0.2) is 5.82 Å². The van der Waals surface area contributed by atoms with Crippen molar-refractivity contribution < 1.29 is 5.21 Å². The van der Waals surface area contributed by atoms with Gasteiger partial charge in [-0.2, -0.15) is 0 Å². The van der Waals surface area contributed by atoms with E-state index in [9.17, 15) is 5.21 Å². The molecule has 6 nitrogen and oxygen atoms in total. The van der Waals surface area contributed by atoms with Crippen molar-refractivity contribution in [3.8, 4) is 22.4 Å². The Morgan fingerprint density at radius 3 is 2.33 bits per heavy atom. The van der Waals surface area contributed by atoms with Crippen molar-refractivity contribution in [1.29, 1.82) is 0 Å². The first-order chi connectivity index (χ1) is 13.3. The summed E-state index contributed by atoms with van der Waals surface area (Å²) in [7, 11) is 0. The highest BCUT2D eigenvalue weighted by Crippen LogP contribution is 2.31. The predicted octanol–water partition coefficient (Wildman–Crippen LogP) is 4.00. The van der Waals surface area contributed by atoms with Gasteiger partial charge in [-0.1, -0.05) is 30.3 Å². The summed E-state index contributed by atoms with van der Waals surface area (Å²) in [5.41, 5.74) is 4.22. The molecule has 1 N–H and O–H groups in total. The Hall–Kier alpha value is -3.64. The number of aromatic nitrogens is 4. The number of nitrogens with zero attached hydrogens (tertiary/aromatic N) is 5. The van der Waals surface area contributed by atoms with Crippen LogP contribution in [0.4, 0.5) is 5.82 Å². The summed E-state index contributed by atoms with van der Waals surface area (Å²) in [6.45, 7) is 0.315. The van der Waals surface area contributed by atoms with E-state index in [1.165, 1.54) is 0 Å². The number of hydroxylamine groups is 1. The molecular weight excluding hydrogens is 338 g/mol. The topological polar surface area (TPSA) is 75.0 Å². The number of benzene rings is 1. The summed E-state index contributed by atoms with van der Waals surface area (Å²) in [6.07, 6.45) is 10.1. The lowest BCUT2D eigenvalue weighted by Crippen LogP contribution is -2.19. The quantitative estimate of drug-likeness (QED) is 0.546. The van der Waals surface area contributed by atoms with Crippen LogP contribution in [0.5, 0.6) is 0 Å². The standard InChI is InChI=1S/C21H17N5O/c27-26(15-16-4-2-1-3-5-16)21-19(20-14-23-10-11-24-20)12-18(13-25-21)17-6-8-22-9-7-17/h1-14,27H,15H2. The second-order valence-corrected chi connectivity index (χ2v) is 5.96. The molecule has 0 bridgehead atoms. The van der Waals surface area contributed by atoms with E-state index in [-0.39, 0.29) is 0 Å². The Morgan fingerprint density at radius 2 is 1.59 bits per heavy atom. The summed E-state index contributed by atoms with van der Waals surface area (Å²) >= 11 is 0. The third-order valence-electron chi connectivity index (χ3n) is 4.14. The van der Waals surface area contributed by atoms with Crippen molar-refractivity contribution in [3.05, 3.63) is 91.3 Å². The van der Waals surface area contributed by atoms with Crippen LogP contribution in [0.25, 0.3) is 22.4 Å². The average molecular weight is 355 g/mol. The van der Waals surface area contributed by atoms with Gasteiger partial charge in [0.1, 0.15) is 0 Å². The molecule has 0 spiro atoms. The van der Waals surface area contributed by atoms with Gasteiger partial charge in [-0.15, -0.1) is 0 Å². The molecular formula is C21H17N5O. The van der Waals surface area contributed by atoms with E-state index < -0.39 is 0 Å². The minimum atomic E-state index is 0.315. The van der Waals surface area contributed by atoms with Gasteiger partial charge in [-0.3, -0.25) is 20.2 Å². The molecule has 0 unspecified atom stereocenters. The summed E-state index contributed by atoms with van der Waals surface area (Å²) in [5, 5.41) is 11.8. The first-order valence-electron chi connectivity index (χ1n) is 8.48. The van der Waals surface area contributed by atoms with Crippen LogP contribution < -0.4 is 5.06 Å². The summed E-state index contributed by atoms with van der Waals surface area (Å²) < 4.78 is 0. The third-order valence-corrected chi connectivity index (χ3v) is 4.14. The molecule has 0 aliphatic heterocycles. The molecule has 0 aliphatic rings. The first kappa shape index (κ1) is 16.8. The smallest absolute Gasteiger partial charge is 0.162 e. The third kappa shape index (κ3) is 3.80. The molecule has 4 rings (SSSR count). The van der Waals surface area contributed by atoms with Crippen molar-refractivity contribution in [3.63, 3.8) is 0 Å². The predicted molar refractivity (Wildman–Crippen MR) is 103 cm³/mol. The maximum atomic E-state index is 10.7. The molecule has 6 heteroatoms. The molecule has 0 saturated heterocycles. The summed E-state index contributed by atoms with van der Waals surface area (Å²) in [6, 6.07) is 15.5. The van der Waals surface area contributed by atoms with Gasteiger partial charge in [0.2, 0.25) is 0 Å². The average Bonchev–Trinajstić information content (AvgIpc) is 2.75. The van der Waals surface area contributed by atoms with E-state index in [1.807, 2.05) is 48.5 Å². The Morgan fingerprint density at radius 1 is 0.778 bits per heavy atom. The van der Waals surface area contributed by atoms with E-state index in [1.54, 1.807) is 37.2 Å². The monoisotopic (exact) mass is 355 g/mol. The van der Waals surface area contributed by atoms with E-state index in [0.717, 1.165) is 21.8 Å². The fraction of sp³-hybridized carbons (Fsp3) is 0.0476. The fourth-order valence-corrected chi connectivity index (χ4v) is 2.82. The van der Waals surface area contributed by atoms with E-state index in [2.05, 4.69) is 19.9 Å². The minimum absolute atomic E-state index is 0.315. The Kier molecular flexibility index (Phi) is 4.80. The van der Waals surface area contributed by atoms with Gasteiger partial charge < -0.3 is 0 Å². The lowest BCUT2D eigenvalue weighted by Gasteiger charge is -2.19. The highest BCUT2D eigenvalue weighted by molar-refractivity contribution is 5.78. The second-order valence-electron chi connectivity index (χ2n) is 5.96. The largest absolute Gasteiger partial charge is 0.287 e. The van der Waals surface area contributed by atoms with Crippen molar-refractivity contribution in [2.45, 2.75) is 6.54 Å². The van der Waals surface area contributed by atoms with Crippen LogP contribution in [0, 0.1) is 0 Å². The SMILES string of the molecule is ON(Cc1ccccc1)c1ncc(-c2ccncc2)cc1-c1cnccn1. The van der Waals surface area contributed by atoms with Crippen molar-refractivity contribution in [2.24, 2.45) is 0 Å². The van der Waals surface area contributed by atoms with Crippen molar-refractivity contribution in [2.75, 3.05) is 5.06 Å². The molecule has 0 fully saturated rings. The normalized spacial score (nSPS) is 10.6. The molecule has 4 aromatic rings. The minimum Gasteiger partial charge on any atom is -0.287 e. The van der Waals surface area contributed by atoms with Gasteiger partial charge in [0.05, 0.1) is 18.4 Å². The first-order valence-corrected chi connectivity index (χ1v) is 8.48. The highest BCUT2D eigenvalue weighted by atomic mass is 16.5. The number of hydrogen-bond acceptors (Lipinski definition) is 6. The summed E-state index contributed by atoms with van der Waals surface area (Å²) in [4.78, 5) is 17.1.